The van der Waals surface area contributed by atoms with E-state index in [1.54, 1.807) is 6.08 Å². The van der Waals surface area contributed by atoms with Gasteiger partial charge in [0.1, 0.15) is 12.0 Å². The molecule has 0 spiro atoms. The average molecular weight is 165 g/mol. The summed E-state index contributed by atoms with van der Waals surface area (Å²) in [5.74, 6) is 0.0201. The van der Waals surface area contributed by atoms with E-state index in [4.69, 9.17) is 15.4 Å². The van der Waals surface area contributed by atoms with E-state index in [0.717, 1.165) is 6.26 Å². The molecule has 0 amide bonds. The van der Waals surface area contributed by atoms with Gasteiger partial charge >= 0.3 is 0 Å². The fraction of sp³-hybridized carbons (Fsp3) is 0.250. The van der Waals surface area contributed by atoms with Gasteiger partial charge in [-0.15, -0.1) is 11.7 Å². The molecular weight excluding hydrogens is 156 g/mol. The van der Waals surface area contributed by atoms with Crippen molar-refractivity contribution in [2.24, 2.45) is 5.11 Å². The first kappa shape index (κ1) is 8.52. The van der Waals surface area contributed by atoms with Gasteiger partial charge in [-0.25, -0.2) is 0 Å². The fourth-order valence-electron chi connectivity index (χ4n) is 0.945. The molecule has 1 N–H and O–H groups in total. The summed E-state index contributed by atoms with van der Waals surface area (Å²) in [6, 6.07) is 0. The van der Waals surface area contributed by atoms with E-state index in [1.165, 1.54) is 6.08 Å². The Balaban J connectivity index is 2.79. The van der Waals surface area contributed by atoms with Gasteiger partial charge < -0.3 is 9.84 Å². The second kappa shape index (κ2) is 3.71. The quantitative estimate of drug-likeness (QED) is 0.508. The van der Waals surface area contributed by atoms with Crippen LogP contribution >= 0.6 is 0 Å². The Morgan fingerprint density at radius 3 is 3.17 bits per heavy atom. The van der Waals surface area contributed by atoms with E-state index in [2.05, 4.69) is 11.7 Å². The molecule has 1 unspecified atom stereocenters. The molecule has 1 heterocycles. The summed E-state index contributed by atoms with van der Waals surface area (Å²) in [5, 5.41) is 12.0. The van der Waals surface area contributed by atoms with Crippen LogP contribution in [0.25, 0.3) is 0 Å². The third kappa shape index (κ3) is 1.72. The van der Waals surface area contributed by atoms with Gasteiger partial charge in [-0.1, -0.05) is 6.08 Å². The van der Waals surface area contributed by atoms with E-state index >= 15 is 0 Å². The average Bonchev–Trinajstić information content (AvgIpc) is 2.05. The van der Waals surface area contributed by atoms with Crippen molar-refractivity contribution in [3.8, 4) is 0 Å². The molecule has 0 aliphatic carbocycles. The van der Waals surface area contributed by atoms with Crippen LogP contribution in [0.1, 0.15) is 6.42 Å². The van der Waals surface area contributed by atoms with Crippen LogP contribution in [0.4, 0.5) is 0 Å². The lowest BCUT2D eigenvalue weighted by molar-refractivity contribution is 0.157. The summed E-state index contributed by atoms with van der Waals surface area (Å²) in [7, 11) is 0. The summed E-state index contributed by atoms with van der Waals surface area (Å²) in [6.45, 7) is 3.53. The van der Waals surface area contributed by atoms with Crippen molar-refractivity contribution in [2.45, 2.75) is 12.6 Å². The van der Waals surface area contributed by atoms with Crippen LogP contribution in [0.15, 0.2) is 41.4 Å². The molecule has 0 aromatic rings. The summed E-state index contributed by atoms with van der Waals surface area (Å²) in [4.78, 5) is 0. The first-order valence-corrected chi connectivity index (χ1v) is 3.48. The molecule has 1 radical (unpaired) electrons. The normalized spacial score (nSPS) is 21.8. The maximum atomic E-state index is 9.02. The topological polar surface area (TPSA) is 64.1 Å². The molecule has 0 aromatic carbocycles. The molecule has 0 saturated carbocycles. The molecule has 4 heteroatoms. The Bertz CT molecular complexity index is 256. The standard InChI is InChI=1S/C8H9N2O2/c1-2-3-6-4-7(11)5-12-8(6)10-9/h2,4-5,8,11H,1,3H2. The van der Waals surface area contributed by atoms with Crippen LogP contribution < -0.4 is 5.53 Å². The van der Waals surface area contributed by atoms with Crippen molar-refractivity contribution in [1.29, 1.82) is 0 Å². The molecule has 0 saturated heterocycles. The number of nitrogens with zero attached hydrogens (tertiary/aromatic N) is 2. The van der Waals surface area contributed by atoms with Crippen molar-refractivity contribution in [3.05, 3.63) is 36.3 Å². The van der Waals surface area contributed by atoms with Crippen LogP contribution in [0, 0.1) is 0 Å². The number of allylic oxidation sites excluding steroid dienone is 2. The maximum Gasteiger partial charge on any atom is 0.232 e. The lowest BCUT2D eigenvalue weighted by Crippen LogP contribution is -2.13. The number of hydrogen-bond donors (Lipinski definition) is 1. The minimum Gasteiger partial charge on any atom is -0.505 e. The van der Waals surface area contributed by atoms with Crippen LogP contribution in [0.5, 0.6) is 0 Å². The molecule has 0 fully saturated rings. The second-order valence-corrected chi connectivity index (χ2v) is 2.36. The van der Waals surface area contributed by atoms with Crippen molar-refractivity contribution in [3.63, 3.8) is 0 Å². The number of rotatable bonds is 3. The van der Waals surface area contributed by atoms with E-state index in [-0.39, 0.29) is 5.76 Å². The zero-order valence-electron chi connectivity index (χ0n) is 6.47. The number of aliphatic hydroxyl groups is 1. The van der Waals surface area contributed by atoms with Gasteiger partial charge in [0.05, 0.1) is 0 Å². The molecule has 4 nitrogen and oxygen atoms in total. The van der Waals surface area contributed by atoms with Gasteiger partial charge in [0.15, 0.2) is 0 Å². The highest BCUT2D eigenvalue weighted by Crippen LogP contribution is 2.19. The molecule has 0 aromatic heterocycles. The van der Waals surface area contributed by atoms with Gasteiger partial charge in [0, 0.05) is 5.57 Å². The number of ether oxygens (including phenoxy) is 1. The Morgan fingerprint density at radius 1 is 1.83 bits per heavy atom. The van der Waals surface area contributed by atoms with Crippen LogP contribution in [-0.2, 0) is 4.74 Å². The van der Waals surface area contributed by atoms with E-state index in [9.17, 15) is 0 Å². The maximum absolute atomic E-state index is 9.02. The molecule has 1 aliphatic heterocycles. The van der Waals surface area contributed by atoms with Gasteiger partial charge in [0.2, 0.25) is 6.23 Å². The summed E-state index contributed by atoms with van der Waals surface area (Å²) in [5.41, 5.74) is 9.16. The van der Waals surface area contributed by atoms with E-state index in [0.29, 0.717) is 12.0 Å². The van der Waals surface area contributed by atoms with Crippen molar-refractivity contribution in [1.82, 2.24) is 5.53 Å². The first-order valence-electron chi connectivity index (χ1n) is 3.48. The lowest BCUT2D eigenvalue weighted by atomic mass is 10.1. The minimum atomic E-state index is -0.709. The highest BCUT2D eigenvalue weighted by Gasteiger charge is 2.16. The SMILES string of the molecule is C=CCC1=CC(O)=COC1N=[N]. The predicted octanol–water partition coefficient (Wildman–Crippen LogP) is 1.50. The Labute approximate surface area is 70.4 Å². The first-order chi connectivity index (χ1) is 5.77. The minimum absolute atomic E-state index is 0.0201. The molecule has 12 heavy (non-hydrogen) atoms. The zero-order valence-corrected chi connectivity index (χ0v) is 6.47. The van der Waals surface area contributed by atoms with E-state index in [1.807, 2.05) is 0 Å². The van der Waals surface area contributed by atoms with Gasteiger partial charge in [-0.05, 0) is 18.0 Å². The summed E-state index contributed by atoms with van der Waals surface area (Å²) >= 11 is 0. The van der Waals surface area contributed by atoms with Gasteiger partial charge in [0.25, 0.3) is 0 Å². The van der Waals surface area contributed by atoms with Crippen molar-refractivity contribution >= 4 is 0 Å². The summed E-state index contributed by atoms with van der Waals surface area (Å²) in [6.07, 6.45) is 4.09. The molecule has 1 aliphatic rings. The number of hydrogen-bond acceptors (Lipinski definition) is 3. The Morgan fingerprint density at radius 2 is 2.58 bits per heavy atom. The van der Waals surface area contributed by atoms with Gasteiger partial charge in [-0.2, -0.15) is 0 Å². The third-order valence-electron chi connectivity index (χ3n) is 1.45. The number of aliphatic hydroxyl groups excluding tert-OH is 1. The second-order valence-electron chi connectivity index (χ2n) is 2.36. The Hall–Kier alpha value is -1.58. The Kier molecular flexibility index (Phi) is 2.63. The van der Waals surface area contributed by atoms with Crippen molar-refractivity contribution < 1.29 is 9.84 Å². The highest BCUT2D eigenvalue weighted by molar-refractivity contribution is 5.24. The van der Waals surface area contributed by atoms with Gasteiger partial charge in [-0.3, -0.25) is 0 Å². The van der Waals surface area contributed by atoms with Crippen molar-refractivity contribution in [2.75, 3.05) is 0 Å². The lowest BCUT2D eigenvalue weighted by Gasteiger charge is -2.16. The molecule has 1 rings (SSSR count). The van der Waals surface area contributed by atoms with Crippen LogP contribution in [0.3, 0.4) is 0 Å². The van der Waals surface area contributed by atoms with Crippen LogP contribution in [-0.4, -0.2) is 11.3 Å². The predicted molar refractivity (Wildman–Crippen MR) is 43.0 cm³/mol. The molecule has 0 bridgehead atoms. The highest BCUT2D eigenvalue weighted by atomic mass is 16.5. The third-order valence-corrected chi connectivity index (χ3v) is 1.45. The zero-order chi connectivity index (χ0) is 8.97. The monoisotopic (exact) mass is 165 g/mol. The molecule has 63 valence electrons. The fourth-order valence-corrected chi connectivity index (χ4v) is 0.945. The van der Waals surface area contributed by atoms with Crippen LogP contribution in [0.2, 0.25) is 0 Å². The smallest absolute Gasteiger partial charge is 0.232 e. The largest absolute Gasteiger partial charge is 0.505 e. The molecular formula is C8H9N2O2. The molecule has 1 atom stereocenters. The van der Waals surface area contributed by atoms with E-state index < -0.39 is 6.23 Å². The summed E-state index contributed by atoms with van der Waals surface area (Å²) < 4.78 is 4.86.